The van der Waals surface area contributed by atoms with E-state index in [1.165, 1.54) is 25.7 Å². The average molecular weight is 257 g/mol. The zero-order valence-electron chi connectivity index (χ0n) is 12.4. The lowest BCUT2D eigenvalue weighted by atomic mass is 9.79. The van der Waals surface area contributed by atoms with Gasteiger partial charge in [-0.25, -0.2) is 0 Å². The topological polar surface area (TPSA) is 49.3 Å². The Morgan fingerprint density at radius 3 is 1.94 bits per heavy atom. The number of nitrogens with one attached hydrogen (secondary N) is 1. The molecule has 0 aromatic carbocycles. The molecular formula is C15H31NO2. The highest BCUT2D eigenvalue weighted by atomic mass is 16.3. The van der Waals surface area contributed by atoms with Gasteiger partial charge in [-0.1, -0.05) is 59.3 Å². The number of aliphatic hydroxyl groups excluding tert-OH is 1. The van der Waals surface area contributed by atoms with Crippen LogP contribution in [0.1, 0.15) is 72.1 Å². The molecule has 0 radical (unpaired) electrons. The van der Waals surface area contributed by atoms with E-state index in [4.69, 9.17) is 5.11 Å². The summed E-state index contributed by atoms with van der Waals surface area (Å²) < 4.78 is 0. The molecule has 0 aromatic heterocycles. The van der Waals surface area contributed by atoms with Gasteiger partial charge in [0.1, 0.15) is 0 Å². The Balaban J connectivity index is 4.31. The number of hydrogen-bond acceptors (Lipinski definition) is 2. The molecule has 0 aromatic rings. The van der Waals surface area contributed by atoms with Crippen LogP contribution in [0.5, 0.6) is 0 Å². The van der Waals surface area contributed by atoms with Gasteiger partial charge in [-0.2, -0.15) is 0 Å². The van der Waals surface area contributed by atoms with E-state index in [0.717, 1.165) is 25.7 Å². The first-order chi connectivity index (χ1) is 8.60. The van der Waals surface area contributed by atoms with Crippen LogP contribution in [0.25, 0.3) is 0 Å². The van der Waals surface area contributed by atoms with Crippen molar-refractivity contribution in [2.45, 2.75) is 72.1 Å². The molecule has 108 valence electrons. The molecule has 2 N–H and O–H groups in total. The van der Waals surface area contributed by atoms with Gasteiger partial charge in [0.05, 0.1) is 6.61 Å². The molecule has 3 heteroatoms. The van der Waals surface area contributed by atoms with E-state index in [1.54, 1.807) is 0 Å². The Labute approximate surface area is 112 Å². The second kappa shape index (κ2) is 10.4. The summed E-state index contributed by atoms with van der Waals surface area (Å²) in [6.45, 7) is 6.83. The molecule has 0 spiro atoms. The van der Waals surface area contributed by atoms with Gasteiger partial charge in [-0.05, 0) is 12.8 Å². The van der Waals surface area contributed by atoms with Crippen molar-refractivity contribution in [2.75, 3.05) is 13.2 Å². The Kier molecular flexibility index (Phi) is 10.0. The smallest absolute Gasteiger partial charge is 0.226 e. The number of rotatable bonds is 11. The van der Waals surface area contributed by atoms with Crippen molar-refractivity contribution in [2.24, 2.45) is 5.41 Å². The predicted octanol–water partition coefficient (Wildman–Crippen LogP) is 3.26. The Bertz CT molecular complexity index is 207. The summed E-state index contributed by atoms with van der Waals surface area (Å²) in [6.07, 6.45) is 8.90. The van der Waals surface area contributed by atoms with E-state index < -0.39 is 0 Å². The first-order valence-corrected chi connectivity index (χ1v) is 7.50. The van der Waals surface area contributed by atoms with Crippen LogP contribution in [0.4, 0.5) is 0 Å². The van der Waals surface area contributed by atoms with Crippen LogP contribution in [0.3, 0.4) is 0 Å². The third-order valence-electron chi connectivity index (χ3n) is 3.61. The van der Waals surface area contributed by atoms with Gasteiger partial charge in [0, 0.05) is 12.0 Å². The quantitative estimate of drug-likeness (QED) is 0.558. The van der Waals surface area contributed by atoms with E-state index in [1.807, 2.05) is 0 Å². The summed E-state index contributed by atoms with van der Waals surface area (Å²) in [5, 5.41) is 11.6. The minimum absolute atomic E-state index is 0.0196. The van der Waals surface area contributed by atoms with Crippen LogP contribution in [-0.4, -0.2) is 24.2 Å². The summed E-state index contributed by atoms with van der Waals surface area (Å²) in [4.78, 5) is 12.2. The van der Waals surface area contributed by atoms with E-state index in [-0.39, 0.29) is 17.9 Å². The summed E-state index contributed by atoms with van der Waals surface area (Å²) in [5.41, 5.74) is -0.250. The maximum atomic E-state index is 12.2. The van der Waals surface area contributed by atoms with Gasteiger partial charge in [0.25, 0.3) is 0 Å². The minimum Gasteiger partial charge on any atom is -0.395 e. The largest absolute Gasteiger partial charge is 0.395 e. The second-order valence-electron chi connectivity index (χ2n) is 5.45. The number of hydrogen-bond donors (Lipinski definition) is 2. The Hall–Kier alpha value is -0.570. The highest BCUT2D eigenvalue weighted by molar-refractivity contribution is 5.82. The van der Waals surface area contributed by atoms with Crippen molar-refractivity contribution >= 4 is 5.91 Å². The highest BCUT2D eigenvalue weighted by Crippen LogP contribution is 2.31. The number of aliphatic hydroxyl groups is 1. The van der Waals surface area contributed by atoms with Gasteiger partial charge in [-0.15, -0.1) is 0 Å². The molecule has 3 nitrogen and oxygen atoms in total. The van der Waals surface area contributed by atoms with Crippen LogP contribution in [0.15, 0.2) is 0 Å². The number of amides is 1. The molecule has 0 aliphatic carbocycles. The van der Waals surface area contributed by atoms with Gasteiger partial charge in [0.15, 0.2) is 0 Å². The molecule has 0 aliphatic rings. The van der Waals surface area contributed by atoms with Crippen LogP contribution in [0.2, 0.25) is 0 Å². The number of carbonyl (C=O) groups is 1. The summed E-state index contributed by atoms with van der Waals surface area (Å²) in [6, 6.07) is 0. The SMILES string of the molecule is CCCCCC(C)(CCCCC)C(=O)NCCO. The minimum atomic E-state index is -0.250. The van der Waals surface area contributed by atoms with Crippen LogP contribution in [-0.2, 0) is 4.79 Å². The Morgan fingerprint density at radius 2 is 1.56 bits per heavy atom. The fourth-order valence-electron chi connectivity index (χ4n) is 2.27. The molecule has 18 heavy (non-hydrogen) atoms. The molecule has 0 rings (SSSR count). The lowest BCUT2D eigenvalue weighted by Gasteiger charge is -2.28. The van der Waals surface area contributed by atoms with E-state index in [2.05, 4.69) is 26.1 Å². The summed E-state index contributed by atoms with van der Waals surface area (Å²) in [5.74, 6) is 0.115. The molecule has 0 atom stereocenters. The number of unbranched alkanes of at least 4 members (excludes halogenated alkanes) is 4. The molecule has 0 saturated heterocycles. The lowest BCUT2D eigenvalue weighted by Crippen LogP contribution is -2.40. The maximum Gasteiger partial charge on any atom is 0.226 e. The van der Waals surface area contributed by atoms with Crippen molar-refractivity contribution < 1.29 is 9.90 Å². The van der Waals surface area contributed by atoms with Crippen LogP contribution >= 0.6 is 0 Å². The van der Waals surface area contributed by atoms with Gasteiger partial charge in [0.2, 0.25) is 5.91 Å². The van der Waals surface area contributed by atoms with Crippen molar-refractivity contribution in [1.82, 2.24) is 5.32 Å². The van der Waals surface area contributed by atoms with Crippen molar-refractivity contribution in [3.8, 4) is 0 Å². The fourth-order valence-corrected chi connectivity index (χ4v) is 2.27. The zero-order valence-corrected chi connectivity index (χ0v) is 12.4. The molecule has 0 saturated carbocycles. The highest BCUT2D eigenvalue weighted by Gasteiger charge is 2.31. The fraction of sp³-hybridized carbons (Fsp3) is 0.933. The normalized spacial score (nSPS) is 11.6. The van der Waals surface area contributed by atoms with Crippen molar-refractivity contribution in [3.05, 3.63) is 0 Å². The standard InChI is InChI=1S/C15H31NO2/c1-4-6-8-10-15(3,11-9-7-5-2)14(18)16-12-13-17/h17H,4-13H2,1-3H3,(H,16,18). The second-order valence-corrected chi connectivity index (χ2v) is 5.45. The number of carbonyl (C=O) groups excluding carboxylic acids is 1. The van der Waals surface area contributed by atoms with E-state index >= 15 is 0 Å². The molecule has 0 aliphatic heterocycles. The molecule has 0 heterocycles. The van der Waals surface area contributed by atoms with Crippen LogP contribution < -0.4 is 5.32 Å². The molecular weight excluding hydrogens is 226 g/mol. The van der Waals surface area contributed by atoms with Gasteiger partial charge < -0.3 is 10.4 Å². The maximum absolute atomic E-state index is 12.2. The van der Waals surface area contributed by atoms with Gasteiger partial charge in [-0.3, -0.25) is 4.79 Å². The molecule has 0 fully saturated rings. The Morgan fingerprint density at radius 1 is 1.06 bits per heavy atom. The lowest BCUT2D eigenvalue weighted by molar-refractivity contribution is -0.131. The monoisotopic (exact) mass is 257 g/mol. The van der Waals surface area contributed by atoms with Gasteiger partial charge >= 0.3 is 0 Å². The first-order valence-electron chi connectivity index (χ1n) is 7.50. The summed E-state index contributed by atoms with van der Waals surface area (Å²) in [7, 11) is 0. The van der Waals surface area contributed by atoms with Crippen molar-refractivity contribution in [3.63, 3.8) is 0 Å². The van der Waals surface area contributed by atoms with Crippen molar-refractivity contribution in [1.29, 1.82) is 0 Å². The predicted molar refractivity (Wildman–Crippen MR) is 76.5 cm³/mol. The molecule has 0 unspecified atom stereocenters. The molecule has 1 amide bonds. The third-order valence-corrected chi connectivity index (χ3v) is 3.61. The van der Waals surface area contributed by atoms with Crippen LogP contribution in [0, 0.1) is 5.41 Å². The van der Waals surface area contributed by atoms with E-state index in [0.29, 0.717) is 6.54 Å². The first kappa shape index (κ1) is 17.4. The molecule has 0 bridgehead atoms. The average Bonchev–Trinajstić information content (AvgIpc) is 2.36. The zero-order chi connectivity index (χ0) is 13.9. The van der Waals surface area contributed by atoms with E-state index in [9.17, 15) is 4.79 Å². The summed E-state index contributed by atoms with van der Waals surface area (Å²) >= 11 is 0. The third kappa shape index (κ3) is 7.00.